The average Bonchev–Trinajstić information content (AvgIpc) is 3.23. The standard InChI is InChI=1S/C21H23N7O/c29-21-15-9-11-28(12-17(15)23-20(24-21)16-8-4-5-10-22-16)13-18-19(26-27-25-18)14-6-2-1-3-7-14/h1-8,10,18-19,25-27H,9,11-13H2,(H,23,24,29). The molecule has 2 aliphatic heterocycles. The summed E-state index contributed by atoms with van der Waals surface area (Å²) in [4.78, 5) is 26.9. The fourth-order valence-corrected chi connectivity index (χ4v) is 4.08. The fraction of sp³-hybridized carbons (Fsp3) is 0.286. The normalized spacial score (nSPS) is 21.8. The molecule has 29 heavy (non-hydrogen) atoms. The lowest BCUT2D eigenvalue weighted by Crippen LogP contribution is -2.45. The van der Waals surface area contributed by atoms with E-state index in [1.54, 1.807) is 6.20 Å². The Hall–Kier alpha value is -2.91. The summed E-state index contributed by atoms with van der Waals surface area (Å²) in [6.07, 6.45) is 2.40. The van der Waals surface area contributed by atoms with Gasteiger partial charge in [-0.3, -0.25) is 14.7 Å². The molecule has 0 radical (unpaired) electrons. The molecule has 8 heteroatoms. The summed E-state index contributed by atoms with van der Waals surface area (Å²) in [6, 6.07) is 16.4. The van der Waals surface area contributed by atoms with Gasteiger partial charge < -0.3 is 4.98 Å². The second-order valence-electron chi connectivity index (χ2n) is 7.45. The number of aromatic amines is 1. The smallest absolute Gasteiger partial charge is 0.254 e. The lowest BCUT2D eigenvalue weighted by molar-refractivity contribution is 0.219. The maximum Gasteiger partial charge on any atom is 0.254 e. The van der Waals surface area contributed by atoms with Crippen molar-refractivity contribution in [3.8, 4) is 11.5 Å². The van der Waals surface area contributed by atoms with Gasteiger partial charge in [-0.15, -0.1) is 0 Å². The van der Waals surface area contributed by atoms with Crippen molar-refractivity contribution < 1.29 is 0 Å². The zero-order chi connectivity index (χ0) is 19.6. The second kappa shape index (κ2) is 7.84. The number of H-pyrrole nitrogens is 1. The Bertz CT molecular complexity index is 1040. The summed E-state index contributed by atoms with van der Waals surface area (Å²) in [5.41, 5.74) is 13.2. The van der Waals surface area contributed by atoms with E-state index in [-0.39, 0.29) is 17.6 Å². The topological polar surface area (TPSA) is 98.0 Å². The SMILES string of the molecule is O=c1[nH]c(-c2ccccn2)nc2c1CCN(CC1NNNC1c1ccccc1)C2. The van der Waals surface area contributed by atoms with Gasteiger partial charge in [-0.1, -0.05) is 36.4 Å². The molecule has 2 aromatic heterocycles. The molecular formula is C21H23N7O. The third-order valence-corrected chi connectivity index (χ3v) is 5.56. The summed E-state index contributed by atoms with van der Waals surface area (Å²) in [5.74, 6) is 0.528. The molecular weight excluding hydrogens is 366 g/mol. The van der Waals surface area contributed by atoms with E-state index in [2.05, 4.69) is 55.5 Å². The molecule has 0 saturated carbocycles. The van der Waals surface area contributed by atoms with Gasteiger partial charge in [0.2, 0.25) is 0 Å². The van der Waals surface area contributed by atoms with Crippen molar-refractivity contribution in [2.24, 2.45) is 0 Å². The van der Waals surface area contributed by atoms with E-state index in [0.717, 1.165) is 24.3 Å². The Balaban J connectivity index is 1.35. The van der Waals surface area contributed by atoms with E-state index >= 15 is 0 Å². The molecule has 1 saturated heterocycles. The minimum atomic E-state index is -0.0558. The van der Waals surface area contributed by atoms with Gasteiger partial charge in [-0.25, -0.2) is 15.8 Å². The number of hydrogen-bond acceptors (Lipinski definition) is 7. The number of nitrogens with zero attached hydrogens (tertiary/aromatic N) is 3. The number of hydrazine groups is 2. The number of rotatable bonds is 4. The molecule has 4 N–H and O–H groups in total. The van der Waals surface area contributed by atoms with Crippen LogP contribution in [0.25, 0.3) is 11.5 Å². The molecule has 1 aromatic carbocycles. The zero-order valence-electron chi connectivity index (χ0n) is 15.9. The predicted octanol–water partition coefficient (Wildman–Crippen LogP) is 0.912. The van der Waals surface area contributed by atoms with E-state index in [9.17, 15) is 4.79 Å². The van der Waals surface area contributed by atoms with E-state index in [1.165, 1.54) is 5.56 Å². The number of nitrogens with one attached hydrogen (secondary N) is 4. The first-order chi connectivity index (χ1) is 14.3. The van der Waals surface area contributed by atoms with Gasteiger partial charge in [0.25, 0.3) is 5.56 Å². The van der Waals surface area contributed by atoms with Gasteiger partial charge in [-0.05, 0) is 24.1 Å². The minimum Gasteiger partial charge on any atom is -0.305 e. The number of aromatic nitrogens is 3. The van der Waals surface area contributed by atoms with Crippen molar-refractivity contribution in [1.29, 1.82) is 0 Å². The monoisotopic (exact) mass is 389 g/mol. The van der Waals surface area contributed by atoms with Crippen LogP contribution in [0.1, 0.15) is 22.9 Å². The largest absolute Gasteiger partial charge is 0.305 e. The van der Waals surface area contributed by atoms with Crippen LogP contribution in [0.15, 0.2) is 59.5 Å². The molecule has 2 atom stereocenters. The quantitative estimate of drug-likeness (QED) is 0.527. The van der Waals surface area contributed by atoms with Crippen LogP contribution in [-0.4, -0.2) is 39.0 Å². The summed E-state index contributed by atoms with van der Waals surface area (Å²) in [6.45, 7) is 2.32. The molecule has 0 spiro atoms. The van der Waals surface area contributed by atoms with Crippen LogP contribution in [0.5, 0.6) is 0 Å². The Kier molecular flexibility index (Phi) is 4.91. The van der Waals surface area contributed by atoms with Crippen LogP contribution >= 0.6 is 0 Å². The summed E-state index contributed by atoms with van der Waals surface area (Å²) in [7, 11) is 0. The van der Waals surface area contributed by atoms with E-state index < -0.39 is 0 Å². The van der Waals surface area contributed by atoms with Gasteiger partial charge in [-0.2, -0.15) is 5.53 Å². The Morgan fingerprint density at radius 2 is 1.93 bits per heavy atom. The van der Waals surface area contributed by atoms with Gasteiger partial charge in [0.05, 0.1) is 17.8 Å². The average molecular weight is 389 g/mol. The van der Waals surface area contributed by atoms with E-state index in [4.69, 9.17) is 4.98 Å². The number of benzene rings is 1. The first-order valence-electron chi connectivity index (χ1n) is 9.85. The van der Waals surface area contributed by atoms with Crippen molar-refractivity contribution in [3.05, 3.63) is 81.9 Å². The van der Waals surface area contributed by atoms with Crippen molar-refractivity contribution >= 4 is 0 Å². The van der Waals surface area contributed by atoms with Crippen LogP contribution < -0.4 is 21.9 Å². The van der Waals surface area contributed by atoms with Crippen molar-refractivity contribution in [2.75, 3.05) is 13.1 Å². The lowest BCUT2D eigenvalue weighted by atomic mass is 9.99. The molecule has 3 aromatic rings. The molecule has 1 fully saturated rings. The first kappa shape index (κ1) is 18.1. The van der Waals surface area contributed by atoms with Crippen LogP contribution in [-0.2, 0) is 13.0 Å². The minimum absolute atomic E-state index is 0.0558. The first-order valence-corrected chi connectivity index (χ1v) is 9.85. The van der Waals surface area contributed by atoms with E-state index in [0.29, 0.717) is 24.5 Å². The van der Waals surface area contributed by atoms with Crippen LogP contribution in [0.2, 0.25) is 0 Å². The second-order valence-corrected chi connectivity index (χ2v) is 7.45. The summed E-state index contributed by atoms with van der Waals surface area (Å²) < 4.78 is 0. The zero-order valence-corrected chi connectivity index (χ0v) is 15.9. The Morgan fingerprint density at radius 3 is 2.76 bits per heavy atom. The Morgan fingerprint density at radius 1 is 1.07 bits per heavy atom. The van der Waals surface area contributed by atoms with Crippen molar-refractivity contribution in [3.63, 3.8) is 0 Å². The maximum atomic E-state index is 12.6. The molecule has 0 amide bonds. The molecule has 2 aliphatic rings. The summed E-state index contributed by atoms with van der Waals surface area (Å²) in [5, 5.41) is 0. The fourth-order valence-electron chi connectivity index (χ4n) is 4.08. The maximum absolute atomic E-state index is 12.6. The van der Waals surface area contributed by atoms with Crippen LogP contribution in [0, 0.1) is 0 Å². The van der Waals surface area contributed by atoms with Crippen molar-refractivity contribution in [2.45, 2.75) is 25.0 Å². The predicted molar refractivity (Wildman–Crippen MR) is 109 cm³/mol. The third-order valence-electron chi connectivity index (χ3n) is 5.56. The molecule has 2 unspecified atom stereocenters. The lowest BCUT2D eigenvalue weighted by Gasteiger charge is -2.31. The number of hydrogen-bond donors (Lipinski definition) is 4. The van der Waals surface area contributed by atoms with Gasteiger partial charge >= 0.3 is 0 Å². The van der Waals surface area contributed by atoms with Crippen molar-refractivity contribution in [1.82, 2.24) is 36.2 Å². The van der Waals surface area contributed by atoms with Gasteiger partial charge in [0, 0.05) is 31.4 Å². The number of pyridine rings is 1. The van der Waals surface area contributed by atoms with Crippen LogP contribution in [0.4, 0.5) is 0 Å². The molecule has 5 rings (SSSR count). The highest BCUT2D eigenvalue weighted by Crippen LogP contribution is 2.22. The number of fused-ring (bicyclic) bond motifs is 1. The highest BCUT2D eigenvalue weighted by molar-refractivity contribution is 5.49. The van der Waals surface area contributed by atoms with Gasteiger partial charge in [0.1, 0.15) is 5.69 Å². The third kappa shape index (κ3) is 3.70. The molecule has 148 valence electrons. The van der Waals surface area contributed by atoms with Crippen LogP contribution in [0.3, 0.4) is 0 Å². The van der Waals surface area contributed by atoms with E-state index in [1.807, 2.05) is 24.3 Å². The Labute approximate surface area is 168 Å². The summed E-state index contributed by atoms with van der Waals surface area (Å²) >= 11 is 0. The molecule has 8 nitrogen and oxygen atoms in total. The van der Waals surface area contributed by atoms with Gasteiger partial charge in [0.15, 0.2) is 5.82 Å². The molecule has 0 aliphatic carbocycles. The molecule has 4 heterocycles. The highest BCUT2D eigenvalue weighted by atomic mass is 16.1. The molecule has 0 bridgehead atoms. The highest BCUT2D eigenvalue weighted by Gasteiger charge is 2.31.